The van der Waals surface area contributed by atoms with Crippen LogP contribution in [0.25, 0.3) is 11.0 Å². The fourth-order valence-electron chi connectivity index (χ4n) is 3.42. The van der Waals surface area contributed by atoms with Gasteiger partial charge >= 0.3 is 0 Å². The quantitative estimate of drug-likeness (QED) is 0.480. The average Bonchev–Trinajstić information content (AvgIpc) is 3.34. The van der Waals surface area contributed by atoms with Crippen LogP contribution < -0.4 is 10.6 Å². The summed E-state index contributed by atoms with van der Waals surface area (Å²) >= 11 is 0. The van der Waals surface area contributed by atoms with Crippen LogP contribution in [-0.2, 0) is 17.8 Å². The van der Waals surface area contributed by atoms with Crippen LogP contribution in [0, 0.1) is 12.7 Å². The summed E-state index contributed by atoms with van der Waals surface area (Å²) in [5, 5.41) is 5.27. The third-order valence-electron chi connectivity index (χ3n) is 4.95. The molecule has 2 N–H and O–H groups in total. The Morgan fingerprint density at radius 3 is 2.68 bits per heavy atom. The molecule has 2 aromatic heterocycles. The molecular formula is C23H21FN4O3. The predicted molar refractivity (Wildman–Crippen MR) is 116 cm³/mol. The summed E-state index contributed by atoms with van der Waals surface area (Å²) < 4.78 is 21.2. The summed E-state index contributed by atoms with van der Waals surface area (Å²) in [6.45, 7) is 3.69. The Kier molecular flexibility index (Phi) is 5.53. The highest BCUT2D eigenvalue weighted by atomic mass is 19.1. The molecule has 0 aliphatic carbocycles. The van der Waals surface area contributed by atoms with E-state index in [0.717, 1.165) is 16.9 Å². The number of fused-ring (bicyclic) bond motifs is 1. The summed E-state index contributed by atoms with van der Waals surface area (Å²) in [5.41, 5.74) is 2.34. The summed E-state index contributed by atoms with van der Waals surface area (Å²) in [5.74, 6) is -0.152. The number of nitrogens with one attached hydrogen (secondary N) is 2. The Bertz CT molecular complexity index is 1280. The maximum Gasteiger partial charge on any atom is 0.259 e. The van der Waals surface area contributed by atoms with Gasteiger partial charge in [-0.1, -0.05) is 19.1 Å². The number of hydrogen-bond acceptors (Lipinski definition) is 4. The Morgan fingerprint density at radius 1 is 1.13 bits per heavy atom. The van der Waals surface area contributed by atoms with Crippen LogP contribution in [0.15, 0.2) is 59.2 Å². The second kappa shape index (κ2) is 8.43. The number of aromatic nitrogens is 2. The number of amides is 2. The van der Waals surface area contributed by atoms with Gasteiger partial charge in [-0.15, -0.1) is 0 Å². The second-order valence-corrected chi connectivity index (χ2v) is 7.04. The van der Waals surface area contributed by atoms with E-state index in [1.165, 1.54) is 30.5 Å². The monoisotopic (exact) mass is 420 g/mol. The number of carbonyl (C=O) groups is 2. The smallest absolute Gasteiger partial charge is 0.259 e. The highest BCUT2D eigenvalue weighted by Crippen LogP contribution is 2.22. The summed E-state index contributed by atoms with van der Waals surface area (Å²) in [7, 11) is 0. The van der Waals surface area contributed by atoms with Crippen LogP contribution >= 0.6 is 0 Å². The van der Waals surface area contributed by atoms with Crippen molar-refractivity contribution in [2.24, 2.45) is 0 Å². The van der Waals surface area contributed by atoms with Gasteiger partial charge in [0.25, 0.3) is 5.91 Å². The Balaban J connectivity index is 1.51. The lowest BCUT2D eigenvalue weighted by Gasteiger charge is -2.11. The molecule has 0 radical (unpaired) electrons. The van der Waals surface area contributed by atoms with Crippen molar-refractivity contribution < 1.29 is 18.4 Å². The number of carbonyl (C=O) groups excluding carboxylic acids is 2. The summed E-state index contributed by atoms with van der Waals surface area (Å²) in [4.78, 5) is 29.6. The van der Waals surface area contributed by atoms with Gasteiger partial charge < -0.3 is 19.6 Å². The molecular weight excluding hydrogens is 399 g/mol. The molecule has 0 saturated carbocycles. The van der Waals surface area contributed by atoms with Crippen molar-refractivity contribution in [1.29, 1.82) is 0 Å². The van der Waals surface area contributed by atoms with Crippen LogP contribution in [0.4, 0.5) is 15.8 Å². The minimum absolute atomic E-state index is 0.0364. The highest BCUT2D eigenvalue weighted by molar-refractivity contribution is 6.05. The van der Waals surface area contributed by atoms with E-state index in [9.17, 15) is 14.0 Å². The number of halogens is 1. The topological polar surface area (TPSA) is 89.2 Å². The lowest BCUT2D eigenvalue weighted by molar-refractivity contribution is -0.116. The lowest BCUT2D eigenvalue weighted by atomic mass is 10.2. The fourth-order valence-corrected chi connectivity index (χ4v) is 3.42. The number of rotatable bonds is 6. The first-order chi connectivity index (χ1) is 15.0. The third kappa shape index (κ3) is 4.18. The van der Waals surface area contributed by atoms with E-state index in [-0.39, 0.29) is 18.1 Å². The molecule has 0 atom stereocenters. The van der Waals surface area contributed by atoms with Gasteiger partial charge in [0.05, 0.1) is 28.5 Å². The molecule has 0 bridgehead atoms. The van der Waals surface area contributed by atoms with Crippen molar-refractivity contribution in [2.45, 2.75) is 26.8 Å². The van der Waals surface area contributed by atoms with Crippen LogP contribution in [0.5, 0.6) is 0 Å². The van der Waals surface area contributed by atoms with E-state index in [1.807, 2.05) is 35.8 Å². The van der Waals surface area contributed by atoms with E-state index in [2.05, 4.69) is 15.6 Å². The molecule has 2 amide bonds. The zero-order valence-corrected chi connectivity index (χ0v) is 17.1. The number of anilines is 2. The largest absolute Gasteiger partial charge is 0.469 e. The van der Waals surface area contributed by atoms with Crippen LogP contribution in [0.2, 0.25) is 0 Å². The number of aryl methyl sites for hydroxylation is 2. The van der Waals surface area contributed by atoms with E-state index >= 15 is 0 Å². The maximum absolute atomic E-state index is 14.2. The molecule has 0 unspecified atom stereocenters. The predicted octanol–water partition coefficient (Wildman–Crippen LogP) is 4.53. The summed E-state index contributed by atoms with van der Waals surface area (Å²) in [6, 6.07) is 13.1. The van der Waals surface area contributed by atoms with Gasteiger partial charge in [-0.3, -0.25) is 9.59 Å². The van der Waals surface area contributed by atoms with Crippen molar-refractivity contribution in [2.75, 3.05) is 10.6 Å². The number of para-hydroxylation sites is 2. The molecule has 4 rings (SSSR count). The van der Waals surface area contributed by atoms with Gasteiger partial charge in [0.2, 0.25) is 5.91 Å². The number of hydrogen-bond donors (Lipinski definition) is 2. The van der Waals surface area contributed by atoms with E-state index in [0.29, 0.717) is 23.4 Å². The first-order valence-corrected chi connectivity index (χ1v) is 9.85. The van der Waals surface area contributed by atoms with Crippen molar-refractivity contribution in [3.8, 4) is 0 Å². The van der Waals surface area contributed by atoms with E-state index < -0.39 is 11.7 Å². The van der Waals surface area contributed by atoms with Crippen molar-refractivity contribution >= 4 is 34.2 Å². The molecule has 0 aliphatic rings. The maximum atomic E-state index is 14.2. The second-order valence-electron chi connectivity index (χ2n) is 7.04. The molecule has 31 heavy (non-hydrogen) atoms. The van der Waals surface area contributed by atoms with E-state index in [4.69, 9.17) is 4.42 Å². The normalized spacial score (nSPS) is 10.9. The van der Waals surface area contributed by atoms with Crippen molar-refractivity contribution in [3.05, 3.63) is 77.8 Å². The molecule has 0 fully saturated rings. The number of furan rings is 1. The Morgan fingerprint density at radius 2 is 1.94 bits per heavy atom. The minimum atomic E-state index is -0.610. The minimum Gasteiger partial charge on any atom is -0.469 e. The first-order valence-electron chi connectivity index (χ1n) is 9.85. The van der Waals surface area contributed by atoms with Crippen LogP contribution in [0.3, 0.4) is 0 Å². The molecule has 8 heteroatoms. The molecule has 7 nitrogen and oxygen atoms in total. The highest BCUT2D eigenvalue weighted by Gasteiger charge is 2.16. The van der Waals surface area contributed by atoms with Gasteiger partial charge in [-0.2, -0.15) is 0 Å². The van der Waals surface area contributed by atoms with E-state index in [1.54, 1.807) is 6.92 Å². The van der Waals surface area contributed by atoms with Gasteiger partial charge in [0, 0.05) is 12.1 Å². The lowest BCUT2D eigenvalue weighted by Crippen LogP contribution is -2.20. The Labute approximate surface area is 177 Å². The van der Waals surface area contributed by atoms with Crippen LogP contribution in [-0.4, -0.2) is 21.4 Å². The molecule has 2 aromatic carbocycles. The Hall–Kier alpha value is -3.94. The third-order valence-corrected chi connectivity index (χ3v) is 4.95. The zero-order chi connectivity index (χ0) is 22.0. The van der Waals surface area contributed by atoms with Crippen LogP contribution in [0.1, 0.15) is 28.9 Å². The SMILES string of the molecule is CCc1nc2ccccc2n1CC(=O)Nc1ccc(F)c(NC(=O)c2ccoc2C)c1. The number of benzene rings is 2. The van der Waals surface area contributed by atoms with Crippen molar-refractivity contribution in [3.63, 3.8) is 0 Å². The van der Waals surface area contributed by atoms with Gasteiger partial charge in [0.15, 0.2) is 0 Å². The standard InChI is InChI=1S/C23H21FN4O3/c1-3-21-26-18-6-4-5-7-20(18)28(21)13-22(29)25-15-8-9-17(24)19(12-15)27-23(30)16-10-11-31-14(16)2/h4-12H,3,13H2,1-2H3,(H,25,29)(H,27,30). The van der Waals surface area contributed by atoms with Crippen molar-refractivity contribution in [1.82, 2.24) is 9.55 Å². The zero-order valence-electron chi connectivity index (χ0n) is 17.1. The fraction of sp³-hybridized carbons (Fsp3) is 0.174. The van der Waals surface area contributed by atoms with Gasteiger partial charge in [-0.25, -0.2) is 9.37 Å². The number of nitrogens with zero attached hydrogens (tertiary/aromatic N) is 2. The molecule has 158 valence electrons. The summed E-state index contributed by atoms with van der Waals surface area (Å²) in [6.07, 6.45) is 2.07. The molecule has 2 heterocycles. The molecule has 4 aromatic rings. The van der Waals surface area contributed by atoms with Gasteiger partial charge in [-0.05, 0) is 43.3 Å². The average molecular weight is 420 g/mol. The molecule has 0 aliphatic heterocycles. The molecule has 0 spiro atoms. The first kappa shape index (κ1) is 20.3. The molecule has 0 saturated heterocycles. The number of imidazole rings is 1. The van der Waals surface area contributed by atoms with Gasteiger partial charge in [0.1, 0.15) is 23.9 Å².